The summed E-state index contributed by atoms with van der Waals surface area (Å²) in [5, 5.41) is 0. The lowest BCUT2D eigenvalue weighted by molar-refractivity contribution is 0.369. The molecule has 1 aromatic carbocycles. The summed E-state index contributed by atoms with van der Waals surface area (Å²) in [5.41, 5.74) is 7.62. The lowest BCUT2D eigenvalue weighted by Crippen LogP contribution is -2.28. The van der Waals surface area contributed by atoms with Gasteiger partial charge in [-0.1, -0.05) is 24.3 Å². The zero-order chi connectivity index (χ0) is 12.5. The standard InChI is InChI=1S/C12H18N2O2S/c1-10(14-7-2-8-17(14,15)16)12-5-3-11(9-13)4-6-12/h3-6,10H,2,7-9,13H2,1H3. The van der Waals surface area contributed by atoms with Gasteiger partial charge < -0.3 is 5.73 Å². The minimum Gasteiger partial charge on any atom is -0.326 e. The van der Waals surface area contributed by atoms with Crippen LogP contribution < -0.4 is 5.73 Å². The van der Waals surface area contributed by atoms with Crippen molar-refractivity contribution in [2.45, 2.75) is 25.9 Å². The zero-order valence-corrected chi connectivity index (χ0v) is 10.8. The van der Waals surface area contributed by atoms with E-state index in [2.05, 4.69) is 0 Å². The van der Waals surface area contributed by atoms with Gasteiger partial charge in [0.25, 0.3) is 0 Å². The molecule has 94 valence electrons. The van der Waals surface area contributed by atoms with Crippen LogP contribution in [0, 0.1) is 0 Å². The quantitative estimate of drug-likeness (QED) is 0.882. The Bertz CT molecular complexity index is 482. The van der Waals surface area contributed by atoms with Crippen LogP contribution in [0.2, 0.25) is 0 Å². The monoisotopic (exact) mass is 254 g/mol. The van der Waals surface area contributed by atoms with Gasteiger partial charge in [-0.3, -0.25) is 0 Å². The maximum absolute atomic E-state index is 11.8. The van der Waals surface area contributed by atoms with Gasteiger partial charge in [-0.05, 0) is 24.5 Å². The summed E-state index contributed by atoms with van der Waals surface area (Å²) in [4.78, 5) is 0. The molecule has 1 heterocycles. The van der Waals surface area contributed by atoms with Crippen LogP contribution in [-0.4, -0.2) is 25.0 Å². The number of benzene rings is 1. The molecule has 0 saturated carbocycles. The van der Waals surface area contributed by atoms with Crippen LogP contribution in [0.15, 0.2) is 24.3 Å². The van der Waals surface area contributed by atoms with Crippen molar-refractivity contribution in [2.75, 3.05) is 12.3 Å². The van der Waals surface area contributed by atoms with Crippen LogP contribution in [0.3, 0.4) is 0 Å². The predicted molar refractivity (Wildman–Crippen MR) is 67.9 cm³/mol. The molecule has 1 atom stereocenters. The van der Waals surface area contributed by atoms with Gasteiger partial charge in [0.1, 0.15) is 0 Å². The maximum atomic E-state index is 11.8. The van der Waals surface area contributed by atoms with E-state index in [9.17, 15) is 8.42 Å². The van der Waals surface area contributed by atoms with E-state index >= 15 is 0 Å². The lowest BCUT2D eigenvalue weighted by atomic mass is 10.1. The Labute approximate surface area is 102 Å². The second kappa shape index (κ2) is 4.76. The first-order valence-corrected chi connectivity index (χ1v) is 7.44. The fraction of sp³-hybridized carbons (Fsp3) is 0.500. The van der Waals surface area contributed by atoms with Gasteiger partial charge in [-0.25, -0.2) is 8.42 Å². The fourth-order valence-corrected chi connectivity index (χ4v) is 3.93. The van der Waals surface area contributed by atoms with Crippen molar-refractivity contribution in [3.8, 4) is 0 Å². The normalized spacial score (nSPS) is 21.5. The van der Waals surface area contributed by atoms with E-state index in [1.807, 2.05) is 31.2 Å². The summed E-state index contributed by atoms with van der Waals surface area (Å²) >= 11 is 0. The highest BCUT2D eigenvalue weighted by molar-refractivity contribution is 7.89. The first kappa shape index (κ1) is 12.5. The topological polar surface area (TPSA) is 63.4 Å². The third-order valence-corrected chi connectivity index (χ3v) is 5.29. The number of nitrogens with two attached hydrogens (primary N) is 1. The van der Waals surface area contributed by atoms with Crippen molar-refractivity contribution in [1.29, 1.82) is 0 Å². The Hall–Kier alpha value is -0.910. The van der Waals surface area contributed by atoms with Crippen molar-refractivity contribution in [3.63, 3.8) is 0 Å². The van der Waals surface area contributed by atoms with Gasteiger partial charge >= 0.3 is 0 Å². The highest BCUT2D eigenvalue weighted by Crippen LogP contribution is 2.27. The molecule has 1 aliphatic heterocycles. The minimum atomic E-state index is -3.04. The number of hydrogen-bond donors (Lipinski definition) is 1. The molecule has 1 saturated heterocycles. The third kappa shape index (κ3) is 2.51. The molecule has 1 fully saturated rings. The first-order valence-electron chi connectivity index (χ1n) is 5.83. The van der Waals surface area contributed by atoms with Gasteiger partial charge in [0.2, 0.25) is 10.0 Å². The zero-order valence-electron chi connectivity index (χ0n) is 9.96. The Morgan fingerprint density at radius 1 is 1.35 bits per heavy atom. The van der Waals surface area contributed by atoms with E-state index in [1.54, 1.807) is 4.31 Å². The molecule has 0 spiro atoms. The van der Waals surface area contributed by atoms with Crippen molar-refractivity contribution in [2.24, 2.45) is 5.73 Å². The second-order valence-corrected chi connectivity index (χ2v) is 6.44. The highest BCUT2D eigenvalue weighted by atomic mass is 32.2. The van der Waals surface area contributed by atoms with Crippen LogP contribution in [-0.2, 0) is 16.6 Å². The van der Waals surface area contributed by atoms with Gasteiger partial charge in [-0.2, -0.15) is 4.31 Å². The molecular weight excluding hydrogens is 236 g/mol. The summed E-state index contributed by atoms with van der Waals surface area (Å²) in [6, 6.07) is 7.74. The molecule has 17 heavy (non-hydrogen) atoms. The second-order valence-electron chi connectivity index (χ2n) is 4.40. The van der Waals surface area contributed by atoms with Crippen LogP contribution in [0.25, 0.3) is 0 Å². The predicted octanol–water partition coefficient (Wildman–Crippen LogP) is 1.24. The molecule has 0 bridgehead atoms. The molecule has 5 heteroatoms. The third-order valence-electron chi connectivity index (χ3n) is 3.27. The molecule has 2 rings (SSSR count). The van der Waals surface area contributed by atoms with Gasteiger partial charge in [0, 0.05) is 19.1 Å². The van der Waals surface area contributed by atoms with Crippen molar-refractivity contribution in [1.82, 2.24) is 4.31 Å². The van der Waals surface area contributed by atoms with Gasteiger partial charge in [0.15, 0.2) is 0 Å². The number of rotatable bonds is 3. The number of sulfonamides is 1. The minimum absolute atomic E-state index is 0.0886. The van der Waals surface area contributed by atoms with E-state index in [0.717, 1.165) is 17.5 Å². The van der Waals surface area contributed by atoms with Crippen molar-refractivity contribution in [3.05, 3.63) is 35.4 Å². The summed E-state index contributed by atoms with van der Waals surface area (Å²) < 4.78 is 25.2. The summed E-state index contributed by atoms with van der Waals surface area (Å²) in [6.45, 7) is 3.07. The summed E-state index contributed by atoms with van der Waals surface area (Å²) in [7, 11) is -3.04. The van der Waals surface area contributed by atoms with Crippen LogP contribution >= 0.6 is 0 Å². The Balaban J connectivity index is 2.22. The number of hydrogen-bond acceptors (Lipinski definition) is 3. The van der Waals surface area contributed by atoms with E-state index in [-0.39, 0.29) is 11.8 Å². The highest BCUT2D eigenvalue weighted by Gasteiger charge is 2.32. The molecule has 1 aromatic rings. The van der Waals surface area contributed by atoms with E-state index in [4.69, 9.17) is 5.73 Å². The maximum Gasteiger partial charge on any atom is 0.214 e. The molecule has 1 unspecified atom stereocenters. The average molecular weight is 254 g/mol. The van der Waals surface area contributed by atoms with E-state index < -0.39 is 10.0 Å². The summed E-state index contributed by atoms with van der Waals surface area (Å²) in [5.74, 6) is 0.276. The van der Waals surface area contributed by atoms with Crippen LogP contribution in [0.4, 0.5) is 0 Å². The Morgan fingerprint density at radius 3 is 2.47 bits per heavy atom. The lowest BCUT2D eigenvalue weighted by Gasteiger charge is -2.23. The molecule has 2 N–H and O–H groups in total. The van der Waals surface area contributed by atoms with Crippen LogP contribution in [0.5, 0.6) is 0 Å². The largest absolute Gasteiger partial charge is 0.326 e. The van der Waals surface area contributed by atoms with E-state index in [1.165, 1.54) is 0 Å². The molecular formula is C12H18N2O2S. The SMILES string of the molecule is CC(c1ccc(CN)cc1)N1CCCS1(=O)=O. The van der Waals surface area contributed by atoms with Gasteiger partial charge in [0.05, 0.1) is 5.75 Å². The Kier molecular flexibility index (Phi) is 3.51. The molecule has 0 radical (unpaired) electrons. The van der Waals surface area contributed by atoms with Crippen LogP contribution in [0.1, 0.15) is 30.5 Å². The van der Waals surface area contributed by atoms with Crippen molar-refractivity contribution >= 4 is 10.0 Å². The van der Waals surface area contributed by atoms with Gasteiger partial charge in [-0.15, -0.1) is 0 Å². The summed E-state index contributed by atoms with van der Waals surface area (Å²) in [6.07, 6.45) is 0.730. The first-order chi connectivity index (χ1) is 8.04. The number of nitrogens with zero attached hydrogens (tertiary/aromatic N) is 1. The van der Waals surface area contributed by atoms with E-state index in [0.29, 0.717) is 13.1 Å². The van der Waals surface area contributed by atoms with Crippen molar-refractivity contribution < 1.29 is 8.42 Å². The average Bonchev–Trinajstić information content (AvgIpc) is 2.68. The Morgan fingerprint density at radius 2 is 2.00 bits per heavy atom. The smallest absolute Gasteiger partial charge is 0.214 e. The molecule has 0 amide bonds. The molecule has 0 aromatic heterocycles. The molecule has 1 aliphatic rings. The fourth-order valence-electron chi connectivity index (χ4n) is 2.19. The molecule has 4 nitrogen and oxygen atoms in total. The molecule has 0 aliphatic carbocycles.